The van der Waals surface area contributed by atoms with E-state index in [1.54, 1.807) is 9.80 Å². The minimum absolute atomic E-state index is 0.00961. The zero-order chi connectivity index (χ0) is 15.6. The van der Waals surface area contributed by atoms with Crippen molar-refractivity contribution in [2.24, 2.45) is 5.41 Å². The molecule has 21 heavy (non-hydrogen) atoms. The molecule has 0 saturated carbocycles. The Kier molecular flexibility index (Phi) is 4.39. The van der Waals surface area contributed by atoms with Crippen molar-refractivity contribution < 1.29 is 14.4 Å². The van der Waals surface area contributed by atoms with Crippen LogP contribution in [0.2, 0.25) is 0 Å². The molecule has 2 aliphatic rings. The standard InChI is InChI=1S/C14H24N4O3/c1-10(2)16-13(21)18-5-4-17(11(3)19)8-14(9-18)6-12(20)15-7-14/h10H,4-9H2,1-3H3,(H,15,20)(H,16,21)/t14-/m0/s1. The Morgan fingerprint density at radius 2 is 1.86 bits per heavy atom. The van der Waals surface area contributed by atoms with Crippen LogP contribution in [0.3, 0.4) is 0 Å². The Labute approximate surface area is 125 Å². The van der Waals surface area contributed by atoms with Crippen molar-refractivity contribution in [2.45, 2.75) is 33.2 Å². The molecule has 118 valence electrons. The molecule has 4 amide bonds. The maximum Gasteiger partial charge on any atom is 0.317 e. The Morgan fingerprint density at radius 1 is 1.24 bits per heavy atom. The fourth-order valence-electron chi connectivity index (χ4n) is 3.01. The summed E-state index contributed by atoms with van der Waals surface area (Å²) >= 11 is 0. The number of rotatable bonds is 1. The number of urea groups is 1. The van der Waals surface area contributed by atoms with Gasteiger partial charge in [0.05, 0.1) is 0 Å². The fourth-order valence-corrected chi connectivity index (χ4v) is 3.01. The lowest BCUT2D eigenvalue weighted by atomic mass is 9.86. The smallest absolute Gasteiger partial charge is 0.317 e. The van der Waals surface area contributed by atoms with Gasteiger partial charge in [0.15, 0.2) is 0 Å². The van der Waals surface area contributed by atoms with Crippen LogP contribution in [0.5, 0.6) is 0 Å². The summed E-state index contributed by atoms with van der Waals surface area (Å²) in [6, 6.07) is -0.0712. The van der Waals surface area contributed by atoms with E-state index in [0.29, 0.717) is 39.1 Å². The van der Waals surface area contributed by atoms with Gasteiger partial charge in [0.2, 0.25) is 11.8 Å². The van der Waals surface area contributed by atoms with Gasteiger partial charge in [-0.25, -0.2) is 4.79 Å². The first kappa shape index (κ1) is 15.6. The summed E-state index contributed by atoms with van der Waals surface area (Å²) in [7, 11) is 0. The van der Waals surface area contributed by atoms with Crippen LogP contribution in [0.4, 0.5) is 4.79 Å². The first-order valence-corrected chi connectivity index (χ1v) is 7.39. The molecular formula is C14H24N4O3. The molecule has 2 heterocycles. The van der Waals surface area contributed by atoms with Crippen molar-refractivity contribution in [3.05, 3.63) is 0 Å². The van der Waals surface area contributed by atoms with Gasteiger partial charge >= 0.3 is 6.03 Å². The van der Waals surface area contributed by atoms with E-state index in [1.165, 1.54) is 6.92 Å². The van der Waals surface area contributed by atoms with E-state index in [0.717, 1.165) is 0 Å². The number of nitrogens with zero attached hydrogens (tertiary/aromatic N) is 2. The molecule has 2 fully saturated rings. The number of nitrogens with one attached hydrogen (secondary N) is 2. The molecule has 1 spiro atoms. The van der Waals surface area contributed by atoms with Gasteiger partial charge in [-0.15, -0.1) is 0 Å². The molecule has 1 atom stereocenters. The highest BCUT2D eigenvalue weighted by atomic mass is 16.2. The number of amides is 4. The summed E-state index contributed by atoms with van der Waals surface area (Å²) in [5, 5.41) is 5.71. The lowest BCUT2D eigenvalue weighted by molar-refractivity contribution is -0.130. The number of carbonyl (C=O) groups is 3. The highest BCUT2D eigenvalue weighted by molar-refractivity contribution is 5.80. The quantitative estimate of drug-likeness (QED) is 0.701. The van der Waals surface area contributed by atoms with Crippen molar-refractivity contribution in [1.82, 2.24) is 20.4 Å². The first-order chi connectivity index (χ1) is 9.81. The van der Waals surface area contributed by atoms with Crippen LogP contribution in [-0.2, 0) is 9.59 Å². The minimum atomic E-state index is -0.367. The summed E-state index contributed by atoms with van der Waals surface area (Å²) in [6.45, 7) is 7.89. The Hall–Kier alpha value is -1.79. The Bertz CT molecular complexity index is 452. The average molecular weight is 296 g/mol. The summed E-state index contributed by atoms with van der Waals surface area (Å²) < 4.78 is 0. The predicted octanol–water partition coefficient (Wildman–Crippen LogP) is -0.225. The van der Waals surface area contributed by atoms with Crippen LogP contribution in [0.25, 0.3) is 0 Å². The third kappa shape index (κ3) is 3.65. The summed E-state index contributed by atoms with van der Waals surface area (Å²) in [5.41, 5.74) is -0.367. The van der Waals surface area contributed by atoms with Gasteiger partial charge in [0, 0.05) is 57.5 Å². The third-order valence-electron chi connectivity index (χ3n) is 4.03. The van der Waals surface area contributed by atoms with Gasteiger partial charge in [0.1, 0.15) is 0 Å². The lowest BCUT2D eigenvalue weighted by Gasteiger charge is -2.32. The van der Waals surface area contributed by atoms with E-state index in [-0.39, 0.29) is 29.3 Å². The van der Waals surface area contributed by atoms with Crippen molar-refractivity contribution >= 4 is 17.8 Å². The van der Waals surface area contributed by atoms with Crippen LogP contribution < -0.4 is 10.6 Å². The maximum atomic E-state index is 12.3. The van der Waals surface area contributed by atoms with Crippen molar-refractivity contribution in [3.63, 3.8) is 0 Å². The fraction of sp³-hybridized carbons (Fsp3) is 0.786. The molecular weight excluding hydrogens is 272 g/mol. The molecule has 0 aromatic carbocycles. The molecule has 0 radical (unpaired) electrons. The topological polar surface area (TPSA) is 81.8 Å². The van der Waals surface area contributed by atoms with E-state index in [4.69, 9.17) is 0 Å². The number of carbonyl (C=O) groups excluding carboxylic acids is 3. The summed E-state index contributed by atoms with van der Waals surface area (Å²) in [5.74, 6) is -0.0236. The zero-order valence-electron chi connectivity index (χ0n) is 12.9. The van der Waals surface area contributed by atoms with Gasteiger partial charge in [-0.3, -0.25) is 9.59 Å². The number of hydrogen-bond donors (Lipinski definition) is 2. The second kappa shape index (κ2) is 5.91. The third-order valence-corrected chi connectivity index (χ3v) is 4.03. The van der Waals surface area contributed by atoms with Crippen molar-refractivity contribution in [2.75, 3.05) is 32.7 Å². The van der Waals surface area contributed by atoms with Gasteiger partial charge in [-0.05, 0) is 13.8 Å². The highest BCUT2D eigenvalue weighted by Gasteiger charge is 2.44. The molecule has 2 N–H and O–H groups in total. The van der Waals surface area contributed by atoms with Gasteiger partial charge in [0.25, 0.3) is 0 Å². The predicted molar refractivity (Wildman–Crippen MR) is 77.6 cm³/mol. The SMILES string of the molecule is CC(=O)N1CCN(C(=O)NC(C)C)C[C@@]2(CNC(=O)C2)C1. The van der Waals surface area contributed by atoms with Crippen LogP contribution in [0.15, 0.2) is 0 Å². The van der Waals surface area contributed by atoms with E-state index < -0.39 is 0 Å². The summed E-state index contributed by atoms with van der Waals surface area (Å²) in [4.78, 5) is 39.1. The van der Waals surface area contributed by atoms with E-state index in [2.05, 4.69) is 10.6 Å². The first-order valence-electron chi connectivity index (χ1n) is 7.39. The molecule has 2 saturated heterocycles. The van der Waals surface area contributed by atoms with E-state index in [1.807, 2.05) is 13.8 Å². The van der Waals surface area contributed by atoms with Crippen LogP contribution in [0.1, 0.15) is 27.2 Å². The van der Waals surface area contributed by atoms with Crippen LogP contribution >= 0.6 is 0 Å². The average Bonchev–Trinajstić information content (AvgIpc) is 2.62. The summed E-state index contributed by atoms with van der Waals surface area (Å²) in [6.07, 6.45) is 0.363. The molecule has 0 aliphatic carbocycles. The van der Waals surface area contributed by atoms with E-state index in [9.17, 15) is 14.4 Å². The maximum absolute atomic E-state index is 12.3. The monoisotopic (exact) mass is 296 g/mol. The molecule has 0 bridgehead atoms. The normalized spacial score (nSPS) is 26.0. The molecule has 7 nitrogen and oxygen atoms in total. The minimum Gasteiger partial charge on any atom is -0.355 e. The van der Waals surface area contributed by atoms with E-state index >= 15 is 0 Å². The van der Waals surface area contributed by atoms with Gasteiger partial charge < -0.3 is 20.4 Å². The molecule has 0 aromatic heterocycles. The second-order valence-corrected chi connectivity index (χ2v) is 6.42. The van der Waals surface area contributed by atoms with Crippen LogP contribution in [-0.4, -0.2) is 66.4 Å². The van der Waals surface area contributed by atoms with Gasteiger partial charge in [-0.2, -0.15) is 0 Å². The molecule has 0 aromatic rings. The Balaban J connectivity index is 2.17. The molecule has 2 rings (SSSR count). The zero-order valence-corrected chi connectivity index (χ0v) is 12.9. The largest absolute Gasteiger partial charge is 0.355 e. The van der Waals surface area contributed by atoms with Gasteiger partial charge in [-0.1, -0.05) is 0 Å². The van der Waals surface area contributed by atoms with Crippen molar-refractivity contribution in [1.29, 1.82) is 0 Å². The Morgan fingerprint density at radius 3 is 2.38 bits per heavy atom. The highest BCUT2D eigenvalue weighted by Crippen LogP contribution is 2.30. The molecule has 0 unspecified atom stereocenters. The van der Waals surface area contributed by atoms with Crippen molar-refractivity contribution in [3.8, 4) is 0 Å². The molecule has 2 aliphatic heterocycles. The lowest BCUT2D eigenvalue weighted by Crippen LogP contribution is -2.48. The number of hydrogen-bond acceptors (Lipinski definition) is 3. The van der Waals surface area contributed by atoms with Crippen LogP contribution in [0, 0.1) is 5.41 Å². The molecule has 7 heteroatoms. The second-order valence-electron chi connectivity index (χ2n) is 6.42.